The van der Waals surface area contributed by atoms with Crippen LogP contribution in [-0.2, 0) is 0 Å². The smallest absolute Gasteiger partial charge is 0.317 e. The van der Waals surface area contributed by atoms with Gasteiger partial charge in [-0.25, -0.2) is 9.78 Å². The van der Waals surface area contributed by atoms with Crippen molar-refractivity contribution in [3.63, 3.8) is 0 Å². The summed E-state index contributed by atoms with van der Waals surface area (Å²) in [5, 5.41) is 4.40. The minimum Gasteiger partial charge on any atom is -0.335 e. The molecule has 3 heterocycles. The largest absolute Gasteiger partial charge is 0.335 e. The van der Waals surface area contributed by atoms with E-state index in [4.69, 9.17) is 0 Å². The second-order valence-corrected chi connectivity index (χ2v) is 7.77. The number of hydrogen-bond donors (Lipinski definition) is 1. The van der Waals surface area contributed by atoms with Crippen LogP contribution in [0.15, 0.2) is 30.6 Å². The number of fused-ring (bicyclic) bond motifs is 1. The molecule has 2 aromatic heterocycles. The standard InChI is InChI=1S/C21H28N4O/c1-15(2)25-14-19(18-8-5-11-22-20(18)25)16-9-12-24(13-10-16)21(26)23-17-6-3-4-7-17/h5,8-9,11,14-15,17H,3-4,6-7,10,12-13H2,1-2H3,(H,23,26). The summed E-state index contributed by atoms with van der Waals surface area (Å²) < 4.78 is 2.24. The molecule has 1 aliphatic heterocycles. The molecule has 2 aromatic rings. The highest BCUT2D eigenvalue weighted by Crippen LogP contribution is 2.31. The molecule has 138 valence electrons. The van der Waals surface area contributed by atoms with E-state index in [9.17, 15) is 4.79 Å². The van der Waals surface area contributed by atoms with Crippen molar-refractivity contribution >= 4 is 22.6 Å². The lowest BCUT2D eigenvalue weighted by atomic mass is 10.00. The number of hydrogen-bond acceptors (Lipinski definition) is 2. The van der Waals surface area contributed by atoms with Gasteiger partial charge >= 0.3 is 6.03 Å². The van der Waals surface area contributed by atoms with E-state index < -0.39 is 0 Å². The van der Waals surface area contributed by atoms with E-state index >= 15 is 0 Å². The lowest BCUT2D eigenvalue weighted by Gasteiger charge is -2.28. The van der Waals surface area contributed by atoms with Crippen LogP contribution in [0, 0.1) is 0 Å². The number of pyridine rings is 1. The number of nitrogens with zero attached hydrogens (tertiary/aromatic N) is 3. The molecular weight excluding hydrogens is 324 g/mol. The number of carbonyl (C=O) groups excluding carboxylic acids is 1. The Morgan fingerprint density at radius 1 is 1.31 bits per heavy atom. The van der Waals surface area contributed by atoms with Crippen LogP contribution in [0.2, 0.25) is 0 Å². The molecule has 0 atom stereocenters. The first-order valence-corrected chi connectivity index (χ1v) is 9.84. The Labute approximate surface area is 155 Å². The van der Waals surface area contributed by atoms with Crippen LogP contribution in [0.4, 0.5) is 4.79 Å². The van der Waals surface area contributed by atoms with E-state index in [0.717, 1.165) is 31.5 Å². The highest BCUT2D eigenvalue weighted by atomic mass is 16.2. The maximum atomic E-state index is 12.5. The lowest BCUT2D eigenvalue weighted by molar-refractivity contribution is 0.199. The molecule has 2 aliphatic rings. The van der Waals surface area contributed by atoms with Gasteiger partial charge in [0.25, 0.3) is 0 Å². The number of aromatic nitrogens is 2. The maximum absolute atomic E-state index is 12.5. The summed E-state index contributed by atoms with van der Waals surface area (Å²) in [4.78, 5) is 19.0. The van der Waals surface area contributed by atoms with Gasteiger partial charge in [0.05, 0.1) is 0 Å². The molecule has 5 nitrogen and oxygen atoms in total. The van der Waals surface area contributed by atoms with Crippen molar-refractivity contribution in [2.45, 2.75) is 58.0 Å². The molecule has 4 rings (SSSR count). The Hall–Kier alpha value is -2.30. The van der Waals surface area contributed by atoms with Crippen molar-refractivity contribution in [2.24, 2.45) is 0 Å². The van der Waals surface area contributed by atoms with Crippen molar-refractivity contribution in [1.82, 2.24) is 19.8 Å². The Balaban J connectivity index is 1.52. The SMILES string of the molecule is CC(C)n1cc(C2=CCN(C(=O)NC3CCCC3)CC2)c2cccnc21. The number of urea groups is 1. The molecule has 2 amide bonds. The van der Waals surface area contributed by atoms with Crippen LogP contribution in [0.5, 0.6) is 0 Å². The van der Waals surface area contributed by atoms with E-state index in [-0.39, 0.29) is 6.03 Å². The highest BCUT2D eigenvalue weighted by Gasteiger charge is 2.23. The fourth-order valence-corrected chi connectivity index (χ4v) is 4.17. The van der Waals surface area contributed by atoms with Crippen molar-refractivity contribution in [1.29, 1.82) is 0 Å². The molecule has 26 heavy (non-hydrogen) atoms. The van der Waals surface area contributed by atoms with Crippen molar-refractivity contribution < 1.29 is 4.79 Å². The van der Waals surface area contributed by atoms with Gasteiger partial charge in [0.2, 0.25) is 0 Å². The fourth-order valence-electron chi connectivity index (χ4n) is 4.17. The van der Waals surface area contributed by atoms with E-state index in [2.05, 4.69) is 47.1 Å². The zero-order chi connectivity index (χ0) is 18.1. The summed E-state index contributed by atoms with van der Waals surface area (Å²) in [7, 11) is 0. The molecule has 0 bridgehead atoms. The normalized spacial score (nSPS) is 18.6. The minimum atomic E-state index is 0.0958. The predicted molar refractivity (Wildman–Crippen MR) is 105 cm³/mol. The van der Waals surface area contributed by atoms with E-state index in [1.165, 1.54) is 29.4 Å². The number of amides is 2. The summed E-state index contributed by atoms with van der Waals surface area (Å²) in [6.07, 6.45) is 11.9. The summed E-state index contributed by atoms with van der Waals surface area (Å²) >= 11 is 0. The molecule has 5 heteroatoms. The van der Waals surface area contributed by atoms with Gasteiger partial charge in [-0.1, -0.05) is 18.9 Å². The quantitative estimate of drug-likeness (QED) is 0.892. The molecule has 0 radical (unpaired) electrons. The Kier molecular flexibility index (Phi) is 4.70. The van der Waals surface area contributed by atoms with E-state index in [1.807, 2.05) is 17.2 Å². The minimum absolute atomic E-state index is 0.0958. The first kappa shape index (κ1) is 17.1. The molecule has 0 saturated heterocycles. The second kappa shape index (κ2) is 7.14. The first-order chi connectivity index (χ1) is 12.6. The van der Waals surface area contributed by atoms with Crippen molar-refractivity contribution in [2.75, 3.05) is 13.1 Å². The number of rotatable bonds is 3. The Morgan fingerprint density at radius 3 is 2.81 bits per heavy atom. The zero-order valence-electron chi connectivity index (χ0n) is 15.7. The van der Waals surface area contributed by atoms with Crippen LogP contribution in [0.25, 0.3) is 16.6 Å². The molecule has 1 aliphatic carbocycles. The highest BCUT2D eigenvalue weighted by molar-refractivity contribution is 5.91. The number of carbonyl (C=O) groups is 1. The third-order valence-electron chi connectivity index (χ3n) is 5.67. The third kappa shape index (κ3) is 3.22. The van der Waals surface area contributed by atoms with Crippen LogP contribution in [-0.4, -0.2) is 39.6 Å². The summed E-state index contributed by atoms with van der Waals surface area (Å²) in [5.41, 5.74) is 3.63. The molecule has 1 N–H and O–H groups in total. The monoisotopic (exact) mass is 352 g/mol. The second-order valence-electron chi connectivity index (χ2n) is 7.77. The molecule has 0 unspecified atom stereocenters. The van der Waals surface area contributed by atoms with Gasteiger partial charge in [-0.05, 0) is 50.8 Å². The van der Waals surface area contributed by atoms with E-state index in [1.54, 1.807) is 0 Å². The molecule has 1 fully saturated rings. The molecule has 0 spiro atoms. The average Bonchev–Trinajstić information content (AvgIpc) is 3.29. The zero-order valence-corrected chi connectivity index (χ0v) is 15.7. The topological polar surface area (TPSA) is 50.2 Å². The molecule has 0 aromatic carbocycles. The summed E-state index contributed by atoms with van der Waals surface area (Å²) in [5.74, 6) is 0. The maximum Gasteiger partial charge on any atom is 0.317 e. The van der Waals surface area contributed by atoms with Gasteiger partial charge in [-0.2, -0.15) is 0 Å². The Morgan fingerprint density at radius 2 is 2.12 bits per heavy atom. The van der Waals surface area contributed by atoms with Gasteiger partial charge in [0.15, 0.2) is 0 Å². The van der Waals surface area contributed by atoms with Crippen molar-refractivity contribution in [3.8, 4) is 0 Å². The number of nitrogens with one attached hydrogen (secondary N) is 1. The average molecular weight is 352 g/mol. The predicted octanol–water partition coefficient (Wildman–Crippen LogP) is 4.36. The molecule has 1 saturated carbocycles. The van der Waals surface area contributed by atoms with Crippen LogP contribution in [0.3, 0.4) is 0 Å². The van der Waals surface area contributed by atoms with Gasteiger partial charge in [-0.15, -0.1) is 0 Å². The van der Waals surface area contributed by atoms with Crippen LogP contribution < -0.4 is 5.32 Å². The summed E-state index contributed by atoms with van der Waals surface area (Å²) in [6.45, 7) is 5.83. The summed E-state index contributed by atoms with van der Waals surface area (Å²) in [6, 6.07) is 5.00. The third-order valence-corrected chi connectivity index (χ3v) is 5.67. The van der Waals surface area contributed by atoms with Gasteiger partial charge in [-0.3, -0.25) is 0 Å². The first-order valence-electron chi connectivity index (χ1n) is 9.84. The van der Waals surface area contributed by atoms with Crippen molar-refractivity contribution in [3.05, 3.63) is 36.2 Å². The Bertz CT molecular complexity index is 830. The van der Waals surface area contributed by atoms with E-state index in [0.29, 0.717) is 18.6 Å². The lowest BCUT2D eigenvalue weighted by Crippen LogP contribution is -2.45. The fraction of sp³-hybridized carbons (Fsp3) is 0.524. The van der Waals surface area contributed by atoms with Gasteiger partial charge < -0.3 is 14.8 Å². The van der Waals surface area contributed by atoms with Crippen LogP contribution >= 0.6 is 0 Å². The van der Waals surface area contributed by atoms with Crippen LogP contribution in [0.1, 0.15) is 57.6 Å². The molecular formula is C21H28N4O. The van der Waals surface area contributed by atoms with Gasteiger partial charge in [0.1, 0.15) is 5.65 Å². The van der Waals surface area contributed by atoms with Gasteiger partial charge in [0, 0.05) is 48.5 Å².